The summed E-state index contributed by atoms with van der Waals surface area (Å²) >= 11 is 0. The second-order valence-electron chi connectivity index (χ2n) is 7.81. The molecular weight excluding hydrogens is 361 g/mol. The molecule has 5 nitrogen and oxygen atoms in total. The number of methoxy groups -OCH3 is 1. The zero-order chi connectivity index (χ0) is 19.6. The summed E-state index contributed by atoms with van der Waals surface area (Å²) in [6.07, 6.45) is -1.39. The molecule has 1 N–H and O–H groups in total. The third-order valence-electron chi connectivity index (χ3n) is 6.61. The Morgan fingerprint density at radius 3 is 2.41 bits per heavy atom. The first-order valence-electron chi connectivity index (χ1n) is 8.98. The quantitative estimate of drug-likeness (QED) is 0.759. The number of halogens is 3. The van der Waals surface area contributed by atoms with Crippen molar-refractivity contribution in [2.24, 2.45) is 5.41 Å². The van der Waals surface area contributed by atoms with Gasteiger partial charge in [-0.25, -0.2) is 4.79 Å². The number of nitrogens with one attached hydrogen (secondary N) is 1. The van der Waals surface area contributed by atoms with Gasteiger partial charge in [-0.05, 0) is 55.4 Å². The van der Waals surface area contributed by atoms with Gasteiger partial charge in [-0.15, -0.1) is 0 Å². The molecule has 4 rings (SSSR count). The molecule has 3 amide bonds. The molecule has 3 aliphatic rings. The highest BCUT2D eigenvalue weighted by Crippen LogP contribution is 2.60. The lowest BCUT2D eigenvalue weighted by Crippen LogP contribution is -2.56. The summed E-state index contributed by atoms with van der Waals surface area (Å²) in [6, 6.07) is 2.98. The Morgan fingerprint density at radius 2 is 1.89 bits per heavy atom. The largest absolute Gasteiger partial charge is 0.416 e. The first-order valence-corrected chi connectivity index (χ1v) is 8.98. The third-order valence-corrected chi connectivity index (χ3v) is 6.61. The zero-order valence-electron chi connectivity index (χ0n) is 15.2. The Balaban J connectivity index is 1.88. The van der Waals surface area contributed by atoms with Gasteiger partial charge >= 0.3 is 12.2 Å². The summed E-state index contributed by atoms with van der Waals surface area (Å²) in [6.45, 7) is 0. The van der Waals surface area contributed by atoms with Crippen LogP contribution in [0.5, 0.6) is 0 Å². The zero-order valence-corrected chi connectivity index (χ0v) is 15.2. The number of likely N-dealkylation sites (N-methyl/N-ethyl adjacent to an activating group) is 1. The van der Waals surface area contributed by atoms with E-state index in [2.05, 4.69) is 5.32 Å². The highest BCUT2D eigenvalue weighted by Gasteiger charge is 2.67. The SMILES string of the molecule is COC1CCC2(CC1)Cc1ccc(C(F)(F)F)cc1C21NC(=O)N(C)C1=O. The third kappa shape index (κ3) is 2.35. The summed E-state index contributed by atoms with van der Waals surface area (Å²) in [4.78, 5) is 26.5. The molecule has 2 spiro atoms. The molecule has 0 aromatic heterocycles. The number of benzene rings is 1. The topological polar surface area (TPSA) is 58.6 Å². The van der Waals surface area contributed by atoms with Gasteiger partial charge in [0.1, 0.15) is 0 Å². The monoisotopic (exact) mass is 382 g/mol. The van der Waals surface area contributed by atoms with Crippen molar-refractivity contribution in [2.45, 2.75) is 49.9 Å². The molecule has 27 heavy (non-hydrogen) atoms. The van der Waals surface area contributed by atoms with E-state index in [1.54, 1.807) is 7.11 Å². The molecule has 1 aromatic carbocycles. The molecular formula is C19H21F3N2O3. The summed E-state index contributed by atoms with van der Waals surface area (Å²) in [5, 5.41) is 2.79. The van der Waals surface area contributed by atoms with E-state index in [0.717, 1.165) is 17.0 Å². The lowest BCUT2D eigenvalue weighted by atomic mass is 9.61. The van der Waals surface area contributed by atoms with Gasteiger partial charge in [0.15, 0.2) is 5.54 Å². The maximum Gasteiger partial charge on any atom is 0.416 e. The van der Waals surface area contributed by atoms with E-state index in [1.165, 1.54) is 13.1 Å². The van der Waals surface area contributed by atoms with E-state index >= 15 is 0 Å². The first-order chi connectivity index (χ1) is 12.6. The molecule has 8 heteroatoms. The summed E-state index contributed by atoms with van der Waals surface area (Å²) in [7, 11) is 3.00. The Hall–Kier alpha value is -2.09. The van der Waals surface area contributed by atoms with Gasteiger partial charge in [-0.3, -0.25) is 9.69 Å². The molecule has 1 aliphatic heterocycles. The number of amides is 3. The van der Waals surface area contributed by atoms with Crippen molar-refractivity contribution >= 4 is 11.9 Å². The predicted molar refractivity (Wildman–Crippen MR) is 89.8 cm³/mol. The van der Waals surface area contributed by atoms with Crippen LogP contribution in [0.25, 0.3) is 0 Å². The number of imide groups is 1. The van der Waals surface area contributed by atoms with Crippen molar-refractivity contribution < 1.29 is 27.5 Å². The van der Waals surface area contributed by atoms with E-state index in [1.807, 2.05) is 0 Å². The van der Waals surface area contributed by atoms with Crippen LogP contribution in [0.2, 0.25) is 0 Å². The molecule has 146 valence electrons. The van der Waals surface area contributed by atoms with Gasteiger partial charge in [0.05, 0.1) is 11.7 Å². The number of nitrogens with zero attached hydrogens (tertiary/aromatic N) is 1. The Kier molecular flexibility index (Phi) is 3.86. The second kappa shape index (κ2) is 5.70. The van der Waals surface area contributed by atoms with Crippen molar-refractivity contribution in [3.05, 3.63) is 34.9 Å². The molecule has 1 atom stereocenters. The van der Waals surface area contributed by atoms with Crippen LogP contribution >= 0.6 is 0 Å². The van der Waals surface area contributed by atoms with Crippen LogP contribution in [-0.2, 0) is 27.7 Å². The van der Waals surface area contributed by atoms with E-state index in [-0.39, 0.29) is 11.7 Å². The van der Waals surface area contributed by atoms with E-state index in [0.29, 0.717) is 37.7 Å². The number of fused-ring (bicyclic) bond motifs is 3. The first kappa shape index (κ1) is 18.3. The van der Waals surface area contributed by atoms with Crippen LogP contribution in [0.4, 0.5) is 18.0 Å². The smallest absolute Gasteiger partial charge is 0.381 e. The lowest BCUT2D eigenvalue weighted by molar-refractivity contribution is -0.139. The molecule has 2 fully saturated rings. The molecule has 0 bridgehead atoms. The van der Waals surface area contributed by atoms with E-state index < -0.39 is 34.6 Å². The number of carbonyl (C=O) groups excluding carboxylic acids is 2. The van der Waals surface area contributed by atoms with Crippen molar-refractivity contribution in [3.8, 4) is 0 Å². The van der Waals surface area contributed by atoms with E-state index in [4.69, 9.17) is 4.74 Å². The molecule has 1 unspecified atom stereocenters. The number of hydrogen-bond donors (Lipinski definition) is 1. The molecule has 1 aromatic rings. The Morgan fingerprint density at radius 1 is 1.22 bits per heavy atom. The number of ether oxygens (including phenoxy) is 1. The van der Waals surface area contributed by atoms with Gasteiger partial charge in [0, 0.05) is 19.6 Å². The van der Waals surface area contributed by atoms with Crippen LogP contribution in [0.3, 0.4) is 0 Å². The fraction of sp³-hybridized carbons (Fsp3) is 0.579. The maximum atomic E-state index is 13.3. The van der Waals surface area contributed by atoms with Gasteiger partial charge in [-0.1, -0.05) is 6.07 Å². The molecule has 1 heterocycles. The number of urea groups is 1. The van der Waals surface area contributed by atoms with Gasteiger partial charge < -0.3 is 10.1 Å². The maximum absolute atomic E-state index is 13.3. The summed E-state index contributed by atoms with van der Waals surface area (Å²) < 4.78 is 45.4. The minimum atomic E-state index is -4.52. The highest BCUT2D eigenvalue weighted by atomic mass is 19.4. The second-order valence-corrected chi connectivity index (χ2v) is 7.81. The molecule has 1 saturated carbocycles. The standard InChI is InChI=1S/C19H21F3N2O3/c1-24-15(25)18(23-16(24)26)14-9-12(19(20,21)22)4-3-11(14)10-17(18)7-5-13(27-2)6-8-17/h3-4,9,13H,5-8,10H2,1-2H3,(H,23,26). The fourth-order valence-corrected chi connectivity index (χ4v) is 5.15. The number of hydrogen-bond acceptors (Lipinski definition) is 3. The molecule has 0 radical (unpaired) electrons. The Labute approximate surface area is 154 Å². The summed E-state index contributed by atoms with van der Waals surface area (Å²) in [5.41, 5.74) is -1.89. The lowest BCUT2D eigenvalue weighted by Gasteiger charge is -2.46. The van der Waals surface area contributed by atoms with Gasteiger partial charge in [0.25, 0.3) is 5.91 Å². The normalized spacial score (nSPS) is 33.1. The number of rotatable bonds is 1. The molecule has 1 saturated heterocycles. The van der Waals surface area contributed by atoms with Crippen molar-refractivity contribution in [1.29, 1.82) is 0 Å². The van der Waals surface area contributed by atoms with Crippen LogP contribution in [-0.4, -0.2) is 37.1 Å². The van der Waals surface area contributed by atoms with Crippen molar-refractivity contribution in [2.75, 3.05) is 14.2 Å². The fourth-order valence-electron chi connectivity index (χ4n) is 5.15. The number of alkyl halides is 3. The minimum absolute atomic E-state index is 0.0621. The van der Waals surface area contributed by atoms with Gasteiger partial charge in [-0.2, -0.15) is 13.2 Å². The van der Waals surface area contributed by atoms with Crippen LogP contribution in [0, 0.1) is 5.41 Å². The highest BCUT2D eigenvalue weighted by molar-refractivity contribution is 6.08. The summed E-state index contributed by atoms with van der Waals surface area (Å²) in [5.74, 6) is -0.471. The van der Waals surface area contributed by atoms with Crippen LogP contribution in [0.15, 0.2) is 18.2 Å². The van der Waals surface area contributed by atoms with Crippen LogP contribution in [0.1, 0.15) is 42.4 Å². The Bertz CT molecular complexity index is 815. The average Bonchev–Trinajstić information content (AvgIpc) is 3.02. The average molecular weight is 382 g/mol. The van der Waals surface area contributed by atoms with Crippen molar-refractivity contribution in [1.82, 2.24) is 10.2 Å². The molecule has 2 aliphatic carbocycles. The van der Waals surface area contributed by atoms with Crippen LogP contribution < -0.4 is 5.32 Å². The van der Waals surface area contributed by atoms with E-state index in [9.17, 15) is 22.8 Å². The minimum Gasteiger partial charge on any atom is -0.381 e. The van der Waals surface area contributed by atoms with Gasteiger partial charge in [0.2, 0.25) is 0 Å². The predicted octanol–water partition coefficient (Wildman–Crippen LogP) is 3.21. The number of carbonyl (C=O) groups is 2. The van der Waals surface area contributed by atoms with Crippen molar-refractivity contribution in [3.63, 3.8) is 0 Å².